The summed E-state index contributed by atoms with van der Waals surface area (Å²) in [7, 11) is 3.65. The molecule has 0 radical (unpaired) electrons. The lowest BCUT2D eigenvalue weighted by atomic mass is 10.0. The van der Waals surface area contributed by atoms with Crippen molar-refractivity contribution >= 4 is 23.1 Å². The topological polar surface area (TPSA) is 51.0 Å². The predicted octanol–water partition coefficient (Wildman–Crippen LogP) is 3.23. The molecular weight excluding hydrogens is 312 g/mol. The van der Waals surface area contributed by atoms with Crippen molar-refractivity contribution in [3.05, 3.63) is 52.6 Å². The number of likely N-dealkylation sites (N-methyl/N-ethyl adjacent to an activating group) is 1. The van der Waals surface area contributed by atoms with Crippen LogP contribution in [0.4, 0.5) is 0 Å². The van der Waals surface area contributed by atoms with E-state index in [0.717, 1.165) is 29.2 Å². The maximum Gasteiger partial charge on any atom is 0.247 e. The number of hydrogen-bond acceptors (Lipinski definition) is 3. The first kappa shape index (κ1) is 17.2. The van der Waals surface area contributed by atoms with Gasteiger partial charge in [-0.3, -0.25) is 4.79 Å². The molecule has 1 aromatic carbocycles. The molecule has 0 aliphatic carbocycles. The first-order valence-corrected chi connectivity index (χ1v) is 7.86. The van der Waals surface area contributed by atoms with Crippen LogP contribution in [0.5, 0.6) is 0 Å². The fourth-order valence-electron chi connectivity index (χ4n) is 2.22. The Bertz CT molecular complexity index is 736. The number of hydrogen-bond donors (Lipinski definition) is 0. The molecule has 5 nitrogen and oxygen atoms in total. The summed E-state index contributed by atoms with van der Waals surface area (Å²) in [4.78, 5) is 14.1. The van der Waals surface area contributed by atoms with E-state index in [1.165, 1.54) is 0 Å². The second-order valence-corrected chi connectivity index (χ2v) is 5.89. The normalized spacial score (nSPS) is 11.6. The van der Waals surface area contributed by atoms with Crippen molar-refractivity contribution in [3.8, 4) is 0 Å². The molecule has 122 valence electrons. The third-order valence-corrected chi connectivity index (χ3v) is 4.05. The van der Waals surface area contributed by atoms with Gasteiger partial charge in [0, 0.05) is 25.2 Å². The fraction of sp³-hybridized carbons (Fsp3) is 0.353. The average molecular weight is 333 g/mol. The van der Waals surface area contributed by atoms with Crippen LogP contribution in [0.3, 0.4) is 0 Å². The minimum absolute atomic E-state index is 0.0671. The largest absolute Gasteiger partial charge is 0.335 e. The van der Waals surface area contributed by atoms with E-state index in [4.69, 9.17) is 11.6 Å². The third kappa shape index (κ3) is 4.20. The molecule has 0 fully saturated rings. The van der Waals surface area contributed by atoms with Gasteiger partial charge in [0.05, 0.1) is 6.54 Å². The van der Waals surface area contributed by atoms with E-state index in [1.807, 2.05) is 49.7 Å². The molecule has 23 heavy (non-hydrogen) atoms. The molecule has 0 saturated heterocycles. The Morgan fingerprint density at radius 3 is 2.70 bits per heavy atom. The van der Waals surface area contributed by atoms with Crippen molar-refractivity contribution in [1.82, 2.24) is 19.7 Å². The first-order chi connectivity index (χ1) is 10.9. The Hall–Kier alpha value is -2.14. The number of allylic oxidation sites excluding steroid dienone is 1. The van der Waals surface area contributed by atoms with Crippen molar-refractivity contribution < 1.29 is 4.79 Å². The fourth-order valence-corrected chi connectivity index (χ4v) is 2.41. The summed E-state index contributed by atoms with van der Waals surface area (Å²) in [5.41, 5.74) is 1.93. The molecule has 6 heteroatoms. The Labute approximate surface area is 141 Å². The molecule has 2 aromatic rings. The summed E-state index contributed by atoms with van der Waals surface area (Å²) in [6.07, 6.45) is 2.41. The third-order valence-electron chi connectivity index (χ3n) is 3.81. The maximum absolute atomic E-state index is 12.5. The van der Waals surface area contributed by atoms with E-state index < -0.39 is 0 Å². The standard InChI is InChI=1S/C17H21ClN4O/c1-5-13(14-7-6-8-15(18)9-14)10-17(23)21(3)11-16-20-19-12(2)22(16)4/h6-10H,5,11H2,1-4H3/b13-10-. The molecule has 1 heterocycles. The van der Waals surface area contributed by atoms with Gasteiger partial charge in [0.25, 0.3) is 0 Å². The number of benzene rings is 1. The predicted molar refractivity (Wildman–Crippen MR) is 91.9 cm³/mol. The number of nitrogens with zero attached hydrogens (tertiary/aromatic N) is 4. The quantitative estimate of drug-likeness (QED) is 0.790. The van der Waals surface area contributed by atoms with Crippen LogP contribution in [0.25, 0.3) is 5.57 Å². The number of halogens is 1. The minimum atomic E-state index is -0.0671. The summed E-state index contributed by atoms with van der Waals surface area (Å²) in [6, 6.07) is 7.54. The molecule has 0 spiro atoms. The lowest BCUT2D eigenvalue weighted by Crippen LogP contribution is -2.26. The van der Waals surface area contributed by atoms with Crippen molar-refractivity contribution in [2.24, 2.45) is 7.05 Å². The van der Waals surface area contributed by atoms with Gasteiger partial charge in [0.2, 0.25) is 5.91 Å². The van der Waals surface area contributed by atoms with Crippen LogP contribution >= 0.6 is 11.6 Å². The molecule has 1 aromatic heterocycles. The number of carbonyl (C=O) groups is 1. The molecule has 0 atom stereocenters. The van der Waals surface area contributed by atoms with Crippen molar-refractivity contribution in [2.45, 2.75) is 26.8 Å². The number of amides is 1. The lowest BCUT2D eigenvalue weighted by molar-refractivity contribution is -0.125. The summed E-state index contributed by atoms with van der Waals surface area (Å²) < 4.78 is 1.88. The van der Waals surface area contributed by atoms with E-state index in [1.54, 1.807) is 18.0 Å². The van der Waals surface area contributed by atoms with Gasteiger partial charge in [-0.15, -0.1) is 10.2 Å². The van der Waals surface area contributed by atoms with Crippen molar-refractivity contribution in [1.29, 1.82) is 0 Å². The molecule has 0 aliphatic heterocycles. The van der Waals surface area contributed by atoms with Gasteiger partial charge in [0.15, 0.2) is 5.82 Å². The van der Waals surface area contributed by atoms with Gasteiger partial charge in [-0.05, 0) is 36.6 Å². The van der Waals surface area contributed by atoms with Crippen molar-refractivity contribution in [2.75, 3.05) is 7.05 Å². The zero-order valence-corrected chi connectivity index (χ0v) is 14.6. The van der Waals surface area contributed by atoms with E-state index in [2.05, 4.69) is 10.2 Å². The maximum atomic E-state index is 12.5. The smallest absolute Gasteiger partial charge is 0.247 e. The Morgan fingerprint density at radius 2 is 2.13 bits per heavy atom. The van der Waals surface area contributed by atoms with Crippen LogP contribution in [-0.2, 0) is 18.4 Å². The SMILES string of the molecule is CC/C(=C/C(=O)N(C)Cc1nnc(C)n1C)c1cccc(Cl)c1. The highest BCUT2D eigenvalue weighted by atomic mass is 35.5. The van der Waals surface area contributed by atoms with E-state index in [9.17, 15) is 4.79 Å². The van der Waals surface area contributed by atoms with E-state index >= 15 is 0 Å². The Morgan fingerprint density at radius 1 is 1.39 bits per heavy atom. The zero-order chi connectivity index (χ0) is 17.0. The van der Waals surface area contributed by atoms with E-state index in [0.29, 0.717) is 11.6 Å². The summed E-state index contributed by atoms with van der Waals surface area (Å²) >= 11 is 6.03. The van der Waals surface area contributed by atoms with E-state index in [-0.39, 0.29) is 5.91 Å². The van der Waals surface area contributed by atoms with Crippen molar-refractivity contribution in [3.63, 3.8) is 0 Å². The van der Waals surface area contributed by atoms with Gasteiger partial charge in [-0.2, -0.15) is 0 Å². The molecule has 0 N–H and O–H groups in total. The number of aryl methyl sites for hydroxylation is 1. The van der Waals surface area contributed by atoms with Crippen LogP contribution < -0.4 is 0 Å². The zero-order valence-electron chi connectivity index (χ0n) is 13.9. The average Bonchev–Trinajstić information content (AvgIpc) is 2.84. The van der Waals surface area contributed by atoms with Gasteiger partial charge >= 0.3 is 0 Å². The van der Waals surface area contributed by atoms with Gasteiger partial charge < -0.3 is 9.47 Å². The first-order valence-electron chi connectivity index (χ1n) is 7.48. The van der Waals surface area contributed by atoms with Crippen LogP contribution in [0, 0.1) is 6.92 Å². The molecular formula is C17H21ClN4O. The van der Waals surface area contributed by atoms with Crippen LogP contribution in [0.1, 0.15) is 30.6 Å². The van der Waals surface area contributed by atoms with Crippen LogP contribution in [-0.4, -0.2) is 32.6 Å². The van der Waals surface area contributed by atoms with Gasteiger partial charge in [-0.25, -0.2) is 0 Å². The highest BCUT2D eigenvalue weighted by Crippen LogP contribution is 2.21. The Balaban J connectivity index is 2.16. The lowest BCUT2D eigenvalue weighted by Gasteiger charge is -2.15. The number of carbonyl (C=O) groups excluding carboxylic acids is 1. The summed E-state index contributed by atoms with van der Waals surface area (Å²) in [6.45, 7) is 4.32. The summed E-state index contributed by atoms with van der Waals surface area (Å²) in [5.74, 6) is 1.51. The minimum Gasteiger partial charge on any atom is -0.335 e. The van der Waals surface area contributed by atoms with Crippen LogP contribution in [0.2, 0.25) is 5.02 Å². The molecule has 1 amide bonds. The number of aromatic nitrogens is 3. The highest BCUT2D eigenvalue weighted by molar-refractivity contribution is 6.30. The highest BCUT2D eigenvalue weighted by Gasteiger charge is 2.13. The van der Waals surface area contributed by atoms with Gasteiger partial charge in [0.1, 0.15) is 5.82 Å². The second kappa shape index (κ2) is 7.42. The molecule has 0 saturated carbocycles. The van der Waals surface area contributed by atoms with Gasteiger partial charge in [-0.1, -0.05) is 30.7 Å². The van der Waals surface area contributed by atoms with Crippen LogP contribution in [0.15, 0.2) is 30.3 Å². The second-order valence-electron chi connectivity index (χ2n) is 5.45. The molecule has 0 unspecified atom stereocenters. The molecule has 2 rings (SSSR count). The molecule has 0 aliphatic rings. The number of rotatable bonds is 5. The monoisotopic (exact) mass is 332 g/mol. The Kier molecular flexibility index (Phi) is 5.55. The summed E-state index contributed by atoms with van der Waals surface area (Å²) in [5, 5.41) is 8.76. The molecule has 0 bridgehead atoms.